The number of sulfonamides is 1. The van der Waals surface area contributed by atoms with Crippen molar-refractivity contribution >= 4 is 33.5 Å². The number of nitrogens with one attached hydrogen (secondary N) is 1. The topological polar surface area (TPSA) is 136 Å². The van der Waals surface area contributed by atoms with Gasteiger partial charge in [0.2, 0.25) is 16.0 Å². The van der Waals surface area contributed by atoms with Crippen LogP contribution in [0.1, 0.15) is 10.4 Å². The lowest BCUT2D eigenvalue weighted by Gasteiger charge is -2.36. The molecule has 2 N–H and O–H groups in total. The fraction of sp³-hybridized carbons (Fsp3) is 0.280. The minimum absolute atomic E-state index is 0.0252. The van der Waals surface area contributed by atoms with Gasteiger partial charge in [-0.05, 0) is 42.5 Å². The van der Waals surface area contributed by atoms with Gasteiger partial charge in [-0.3, -0.25) is 9.59 Å². The summed E-state index contributed by atoms with van der Waals surface area (Å²) >= 11 is 0. The molecule has 1 aromatic heterocycles. The number of benzene rings is 2. The Balaban J connectivity index is 1.34. The number of nitrogens with zero attached hydrogens (tertiary/aromatic N) is 5. The van der Waals surface area contributed by atoms with Crippen LogP contribution in [0.2, 0.25) is 0 Å². The summed E-state index contributed by atoms with van der Waals surface area (Å²) in [7, 11) is -2.86. The number of anilines is 2. The van der Waals surface area contributed by atoms with Gasteiger partial charge in [-0.2, -0.15) is 4.31 Å². The lowest BCUT2D eigenvalue weighted by Crippen LogP contribution is -2.49. The molecule has 1 unspecified atom stereocenters. The molecule has 11 nitrogen and oxygen atoms in total. The fourth-order valence-corrected chi connectivity index (χ4v) is 5.37. The lowest BCUT2D eigenvalue weighted by atomic mass is 10.1. The number of aromatic nitrogens is 2. The molecule has 4 rings (SSSR count). The first-order valence-corrected chi connectivity index (χ1v) is 13.1. The van der Waals surface area contributed by atoms with Crippen LogP contribution in [-0.2, 0) is 14.8 Å². The molecule has 3 aromatic rings. The number of hydrogen-bond acceptors (Lipinski definition) is 8. The third kappa shape index (κ3) is 6.04. The van der Waals surface area contributed by atoms with E-state index in [4.69, 9.17) is 0 Å². The molecule has 1 saturated heterocycles. The van der Waals surface area contributed by atoms with Crippen LogP contribution < -0.4 is 15.1 Å². The third-order valence-electron chi connectivity index (χ3n) is 6.21. The highest BCUT2D eigenvalue weighted by Crippen LogP contribution is 2.20. The summed E-state index contributed by atoms with van der Waals surface area (Å²) in [4.78, 5) is 37.4. The molecular formula is C25H28N6O5S. The molecule has 1 aliphatic heterocycles. The van der Waals surface area contributed by atoms with Gasteiger partial charge in [0.25, 0.3) is 5.91 Å². The smallest absolute Gasteiger partial charge is 0.323 e. The highest BCUT2D eigenvalue weighted by Gasteiger charge is 2.33. The predicted octanol–water partition coefficient (Wildman–Crippen LogP) is 1.31. The normalized spacial score (nSPS) is 14.9. The van der Waals surface area contributed by atoms with Crippen molar-refractivity contribution in [2.45, 2.75) is 10.9 Å². The largest absolute Gasteiger partial charge is 0.480 e. The highest BCUT2D eigenvalue weighted by molar-refractivity contribution is 7.89. The molecule has 12 heteroatoms. The van der Waals surface area contributed by atoms with Crippen LogP contribution in [0.5, 0.6) is 0 Å². The molecule has 2 aromatic carbocycles. The summed E-state index contributed by atoms with van der Waals surface area (Å²) in [5.41, 5.74) is 1.31. The first-order valence-electron chi connectivity index (χ1n) is 11.7. The molecule has 2 heterocycles. The van der Waals surface area contributed by atoms with Gasteiger partial charge in [0.1, 0.15) is 6.04 Å². The number of carbonyl (C=O) groups is 2. The number of amides is 1. The SMILES string of the molecule is CN(C(CNC(=O)c1ccc(N2CCN(c3ncccn3)CC2)cc1)C(=O)O)S(=O)(=O)c1ccccc1. The molecule has 1 fully saturated rings. The minimum atomic E-state index is -4.05. The first-order chi connectivity index (χ1) is 17.8. The molecule has 1 atom stereocenters. The molecule has 0 radical (unpaired) electrons. The van der Waals surface area contributed by atoms with E-state index in [0.29, 0.717) is 11.5 Å². The summed E-state index contributed by atoms with van der Waals surface area (Å²) in [6, 6.07) is 14.9. The number of carboxylic acids is 1. The summed E-state index contributed by atoms with van der Waals surface area (Å²) in [5.74, 6) is -1.15. The zero-order valence-corrected chi connectivity index (χ0v) is 21.1. The summed E-state index contributed by atoms with van der Waals surface area (Å²) in [6.07, 6.45) is 3.44. The Kier molecular flexibility index (Phi) is 7.99. The van der Waals surface area contributed by atoms with Gasteiger partial charge in [-0.1, -0.05) is 18.2 Å². The summed E-state index contributed by atoms with van der Waals surface area (Å²) < 4.78 is 26.4. The number of hydrogen-bond donors (Lipinski definition) is 2. The van der Waals surface area contributed by atoms with E-state index < -0.39 is 27.9 Å². The molecule has 1 amide bonds. The third-order valence-corrected chi connectivity index (χ3v) is 8.09. The van der Waals surface area contributed by atoms with Gasteiger partial charge >= 0.3 is 5.97 Å². The van der Waals surface area contributed by atoms with Crippen LogP contribution in [0.25, 0.3) is 0 Å². The van der Waals surface area contributed by atoms with Crippen LogP contribution in [0, 0.1) is 0 Å². The van der Waals surface area contributed by atoms with Gasteiger partial charge in [0, 0.05) is 63.4 Å². The monoisotopic (exact) mass is 524 g/mol. The predicted molar refractivity (Wildman–Crippen MR) is 138 cm³/mol. The van der Waals surface area contributed by atoms with Gasteiger partial charge in [-0.15, -0.1) is 0 Å². The van der Waals surface area contributed by atoms with E-state index in [9.17, 15) is 23.1 Å². The average Bonchev–Trinajstić information content (AvgIpc) is 2.94. The van der Waals surface area contributed by atoms with Gasteiger partial charge in [-0.25, -0.2) is 18.4 Å². The molecule has 194 valence electrons. The van der Waals surface area contributed by atoms with Gasteiger partial charge in [0.15, 0.2) is 0 Å². The van der Waals surface area contributed by atoms with Crippen molar-refractivity contribution in [1.29, 1.82) is 0 Å². The van der Waals surface area contributed by atoms with Crippen molar-refractivity contribution in [2.75, 3.05) is 49.6 Å². The quantitative estimate of drug-likeness (QED) is 0.425. The number of carboxylic acid groups (broad SMARTS) is 1. The zero-order chi connectivity index (χ0) is 26.4. The number of carbonyl (C=O) groups excluding carboxylic acids is 1. The van der Waals surface area contributed by atoms with Crippen molar-refractivity contribution in [3.63, 3.8) is 0 Å². The second kappa shape index (κ2) is 11.4. The number of piperazine rings is 1. The summed E-state index contributed by atoms with van der Waals surface area (Å²) in [5, 5.41) is 12.2. The van der Waals surface area contributed by atoms with Crippen LogP contribution in [0.3, 0.4) is 0 Å². The maximum Gasteiger partial charge on any atom is 0.323 e. The summed E-state index contributed by atoms with van der Waals surface area (Å²) in [6.45, 7) is 2.69. The Bertz CT molecular complexity index is 1310. The number of likely N-dealkylation sites (N-methyl/N-ethyl adjacent to an activating group) is 1. The second-order valence-corrected chi connectivity index (χ2v) is 10.5. The Morgan fingerprint density at radius 2 is 1.54 bits per heavy atom. The van der Waals surface area contributed by atoms with E-state index in [1.54, 1.807) is 48.8 Å². The molecular weight excluding hydrogens is 496 g/mol. The van der Waals surface area contributed by atoms with E-state index in [1.165, 1.54) is 19.2 Å². The van der Waals surface area contributed by atoms with E-state index in [0.717, 1.165) is 36.2 Å². The Morgan fingerprint density at radius 1 is 0.946 bits per heavy atom. The van der Waals surface area contributed by atoms with Crippen LogP contribution in [0.4, 0.5) is 11.6 Å². The minimum Gasteiger partial charge on any atom is -0.480 e. The van der Waals surface area contributed by atoms with Crippen molar-refractivity contribution in [1.82, 2.24) is 19.6 Å². The lowest BCUT2D eigenvalue weighted by molar-refractivity contribution is -0.140. The maximum absolute atomic E-state index is 12.8. The molecule has 0 aliphatic carbocycles. The molecule has 1 aliphatic rings. The van der Waals surface area contributed by atoms with E-state index in [1.807, 2.05) is 12.1 Å². The molecule has 0 bridgehead atoms. The Morgan fingerprint density at radius 3 is 2.14 bits per heavy atom. The molecule has 0 spiro atoms. The van der Waals surface area contributed by atoms with E-state index in [2.05, 4.69) is 25.1 Å². The van der Waals surface area contributed by atoms with Crippen molar-refractivity contribution < 1.29 is 23.1 Å². The zero-order valence-electron chi connectivity index (χ0n) is 20.3. The van der Waals surface area contributed by atoms with Crippen molar-refractivity contribution in [3.05, 3.63) is 78.6 Å². The number of rotatable bonds is 9. The second-order valence-electron chi connectivity index (χ2n) is 8.47. The van der Waals surface area contributed by atoms with E-state index >= 15 is 0 Å². The molecule has 37 heavy (non-hydrogen) atoms. The highest BCUT2D eigenvalue weighted by atomic mass is 32.2. The van der Waals surface area contributed by atoms with Crippen molar-refractivity contribution in [2.24, 2.45) is 0 Å². The van der Waals surface area contributed by atoms with Crippen molar-refractivity contribution in [3.8, 4) is 0 Å². The van der Waals surface area contributed by atoms with Gasteiger partial charge < -0.3 is 20.2 Å². The Hall–Kier alpha value is -4.03. The maximum atomic E-state index is 12.8. The fourth-order valence-electron chi connectivity index (χ4n) is 4.03. The molecule has 0 saturated carbocycles. The van der Waals surface area contributed by atoms with Gasteiger partial charge in [0.05, 0.1) is 4.90 Å². The van der Waals surface area contributed by atoms with Crippen LogP contribution in [-0.4, -0.2) is 85.5 Å². The number of aliphatic carboxylic acids is 1. The first kappa shape index (κ1) is 26.0. The average molecular weight is 525 g/mol. The van der Waals surface area contributed by atoms with Crippen LogP contribution in [0.15, 0.2) is 78.0 Å². The standard InChI is InChI=1S/C25H28N6O5S/c1-29(37(35,36)21-6-3-2-4-7-21)22(24(33)34)18-28-23(32)19-8-10-20(11-9-19)30-14-16-31(17-15-30)25-26-12-5-13-27-25/h2-13,22H,14-18H2,1H3,(H,28,32)(H,33,34). The van der Waals surface area contributed by atoms with Crippen LogP contribution >= 0.6 is 0 Å². The Labute approximate surface area is 215 Å². The van der Waals surface area contributed by atoms with E-state index in [-0.39, 0.29) is 11.4 Å².